The van der Waals surface area contributed by atoms with Gasteiger partial charge in [0.1, 0.15) is 6.26 Å². The molecule has 8 heteroatoms. The third-order valence-electron chi connectivity index (χ3n) is 3.67. The van der Waals surface area contributed by atoms with Gasteiger partial charge in [-0.2, -0.15) is 0 Å². The maximum atomic E-state index is 12.5. The van der Waals surface area contributed by atoms with Gasteiger partial charge in [0.15, 0.2) is 5.70 Å². The lowest BCUT2D eigenvalue weighted by Crippen LogP contribution is -2.34. The molecule has 2 amide bonds. The van der Waals surface area contributed by atoms with E-state index >= 15 is 0 Å². The van der Waals surface area contributed by atoms with Gasteiger partial charge in [-0.3, -0.25) is 9.59 Å². The Hall–Kier alpha value is -3.42. The Balaban J connectivity index is 1.92. The SMILES string of the molecule is COC(=O)/C(=C/OC1OC(=O)C=C1C)N1C(=O)c2ccccc2C1=O. The molecule has 1 aromatic carbocycles. The van der Waals surface area contributed by atoms with Gasteiger partial charge in [0, 0.05) is 11.6 Å². The van der Waals surface area contributed by atoms with Crippen LogP contribution in [0.3, 0.4) is 0 Å². The van der Waals surface area contributed by atoms with Crippen molar-refractivity contribution in [2.45, 2.75) is 13.2 Å². The van der Waals surface area contributed by atoms with E-state index in [1.54, 1.807) is 19.1 Å². The van der Waals surface area contributed by atoms with Crippen molar-refractivity contribution in [2.75, 3.05) is 7.11 Å². The van der Waals surface area contributed by atoms with Crippen LogP contribution < -0.4 is 0 Å². The number of carbonyl (C=O) groups is 4. The fourth-order valence-corrected chi connectivity index (χ4v) is 2.45. The van der Waals surface area contributed by atoms with Gasteiger partial charge >= 0.3 is 11.9 Å². The first-order valence-electron chi connectivity index (χ1n) is 7.24. The smallest absolute Gasteiger partial charge is 0.358 e. The number of hydrogen-bond donors (Lipinski definition) is 0. The van der Waals surface area contributed by atoms with Crippen LogP contribution in [0.4, 0.5) is 0 Å². The van der Waals surface area contributed by atoms with Crippen molar-refractivity contribution in [1.82, 2.24) is 4.90 Å². The van der Waals surface area contributed by atoms with E-state index in [9.17, 15) is 19.2 Å². The number of nitrogens with zero attached hydrogens (tertiary/aromatic N) is 1. The zero-order chi connectivity index (χ0) is 18.1. The second-order valence-corrected chi connectivity index (χ2v) is 5.28. The van der Waals surface area contributed by atoms with E-state index in [1.165, 1.54) is 18.2 Å². The molecule has 1 atom stereocenters. The predicted molar refractivity (Wildman–Crippen MR) is 81.8 cm³/mol. The molecule has 3 rings (SSSR count). The molecular weight excluding hydrogens is 330 g/mol. The van der Waals surface area contributed by atoms with Gasteiger partial charge in [0.2, 0.25) is 0 Å². The lowest BCUT2D eigenvalue weighted by molar-refractivity contribution is -0.152. The van der Waals surface area contributed by atoms with Gasteiger partial charge in [-0.05, 0) is 19.1 Å². The Bertz CT molecular complexity index is 817. The summed E-state index contributed by atoms with van der Waals surface area (Å²) in [5.74, 6) is -2.87. The molecule has 8 nitrogen and oxygen atoms in total. The highest BCUT2D eigenvalue weighted by molar-refractivity contribution is 6.24. The number of imide groups is 1. The lowest BCUT2D eigenvalue weighted by Gasteiger charge is -2.17. The summed E-state index contributed by atoms with van der Waals surface area (Å²) in [5.41, 5.74) is 0.411. The average molecular weight is 343 g/mol. The average Bonchev–Trinajstić information content (AvgIpc) is 3.05. The van der Waals surface area contributed by atoms with Crippen molar-refractivity contribution in [3.8, 4) is 0 Å². The predicted octanol–water partition coefficient (Wildman–Crippen LogP) is 1.14. The number of esters is 2. The number of carbonyl (C=O) groups excluding carboxylic acids is 4. The molecular formula is C17H13NO7. The molecule has 0 radical (unpaired) electrons. The minimum Gasteiger partial charge on any atom is -0.464 e. The molecule has 0 saturated heterocycles. The third kappa shape index (κ3) is 2.78. The topological polar surface area (TPSA) is 99.2 Å². The minimum atomic E-state index is -1.04. The van der Waals surface area contributed by atoms with Gasteiger partial charge in [0.05, 0.1) is 18.2 Å². The molecule has 0 aromatic heterocycles. The first-order chi connectivity index (χ1) is 11.9. The van der Waals surface area contributed by atoms with Crippen molar-refractivity contribution >= 4 is 23.8 Å². The Morgan fingerprint density at radius 2 is 1.76 bits per heavy atom. The molecule has 0 spiro atoms. The van der Waals surface area contributed by atoms with E-state index in [0.29, 0.717) is 10.5 Å². The highest BCUT2D eigenvalue weighted by atomic mass is 16.7. The zero-order valence-electron chi connectivity index (χ0n) is 13.3. The molecule has 25 heavy (non-hydrogen) atoms. The second-order valence-electron chi connectivity index (χ2n) is 5.28. The fraction of sp³-hybridized carbons (Fsp3) is 0.176. The largest absolute Gasteiger partial charge is 0.464 e. The van der Waals surface area contributed by atoms with Crippen molar-refractivity contribution in [3.05, 3.63) is 59.0 Å². The Labute approximate surface area is 142 Å². The summed E-state index contributed by atoms with van der Waals surface area (Å²) in [6.07, 6.45) is 1.08. The van der Waals surface area contributed by atoms with Gasteiger partial charge in [-0.25, -0.2) is 14.5 Å². The summed E-state index contributed by atoms with van der Waals surface area (Å²) in [6.45, 7) is 1.60. The van der Waals surface area contributed by atoms with Crippen LogP contribution in [-0.2, 0) is 23.8 Å². The van der Waals surface area contributed by atoms with E-state index in [-0.39, 0.29) is 11.1 Å². The third-order valence-corrected chi connectivity index (χ3v) is 3.67. The van der Waals surface area contributed by atoms with Gasteiger partial charge in [-0.15, -0.1) is 0 Å². The summed E-state index contributed by atoms with van der Waals surface area (Å²) in [7, 11) is 1.11. The van der Waals surface area contributed by atoms with Crippen LogP contribution in [0.25, 0.3) is 0 Å². The van der Waals surface area contributed by atoms with Crippen molar-refractivity contribution in [2.24, 2.45) is 0 Å². The maximum absolute atomic E-state index is 12.5. The normalized spacial score (nSPS) is 19.5. The van der Waals surface area contributed by atoms with Crippen LogP contribution in [0.2, 0.25) is 0 Å². The number of hydrogen-bond acceptors (Lipinski definition) is 7. The van der Waals surface area contributed by atoms with E-state index < -0.39 is 35.7 Å². The van der Waals surface area contributed by atoms with Gasteiger partial charge in [0.25, 0.3) is 18.1 Å². The summed E-state index contributed by atoms with van der Waals surface area (Å²) in [6, 6.07) is 6.18. The van der Waals surface area contributed by atoms with Crippen LogP contribution in [0.15, 0.2) is 47.9 Å². The van der Waals surface area contributed by atoms with Crippen LogP contribution >= 0.6 is 0 Å². The van der Waals surface area contributed by atoms with Gasteiger partial charge in [-0.1, -0.05) is 12.1 Å². The number of cyclic esters (lactones) is 1. The number of fused-ring (bicyclic) bond motifs is 1. The maximum Gasteiger partial charge on any atom is 0.358 e. The van der Waals surface area contributed by atoms with Crippen LogP contribution in [0.1, 0.15) is 27.6 Å². The highest BCUT2D eigenvalue weighted by Crippen LogP contribution is 2.27. The molecule has 128 valence electrons. The van der Waals surface area contributed by atoms with Crippen molar-refractivity contribution in [3.63, 3.8) is 0 Å². The first kappa shape index (κ1) is 16.4. The number of methoxy groups -OCH3 is 1. The molecule has 1 unspecified atom stereocenters. The molecule has 0 bridgehead atoms. The standard InChI is InChI=1S/C17H13NO7/c1-9-7-13(19)25-17(9)24-8-12(16(22)23-2)18-14(20)10-5-3-4-6-11(10)15(18)21/h3-8,17H,1-2H3/b12-8-. The molecule has 2 aliphatic heterocycles. The summed E-state index contributed by atoms with van der Waals surface area (Å²) < 4.78 is 14.8. The molecule has 0 saturated carbocycles. The molecule has 2 aliphatic rings. The lowest BCUT2D eigenvalue weighted by atomic mass is 10.1. The molecule has 0 N–H and O–H groups in total. The first-order valence-corrected chi connectivity index (χ1v) is 7.24. The van der Waals surface area contributed by atoms with Crippen molar-refractivity contribution in [1.29, 1.82) is 0 Å². The van der Waals surface area contributed by atoms with E-state index in [0.717, 1.165) is 13.4 Å². The monoisotopic (exact) mass is 343 g/mol. The summed E-state index contributed by atoms with van der Waals surface area (Å²) >= 11 is 0. The zero-order valence-corrected chi connectivity index (χ0v) is 13.3. The molecule has 0 aliphatic carbocycles. The van der Waals surface area contributed by atoms with E-state index in [1.807, 2.05) is 0 Å². The van der Waals surface area contributed by atoms with E-state index in [2.05, 4.69) is 4.74 Å². The van der Waals surface area contributed by atoms with Crippen LogP contribution in [0, 0.1) is 0 Å². The summed E-state index contributed by atoms with van der Waals surface area (Å²) in [5, 5.41) is 0. The number of benzene rings is 1. The quantitative estimate of drug-likeness (QED) is 0.350. The van der Waals surface area contributed by atoms with Crippen LogP contribution in [0.5, 0.6) is 0 Å². The number of rotatable bonds is 4. The number of ether oxygens (including phenoxy) is 3. The summed E-state index contributed by atoms with van der Waals surface area (Å²) in [4.78, 5) is 48.9. The Morgan fingerprint density at radius 1 is 1.16 bits per heavy atom. The minimum absolute atomic E-state index is 0.172. The van der Waals surface area contributed by atoms with E-state index in [4.69, 9.17) is 9.47 Å². The fourth-order valence-electron chi connectivity index (χ4n) is 2.45. The Kier molecular flexibility index (Phi) is 4.10. The van der Waals surface area contributed by atoms with Gasteiger partial charge < -0.3 is 14.2 Å². The molecule has 1 aromatic rings. The molecule has 2 heterocycles. The second kappa shape index (κ2) is 6.23. The molecule has 0 fully saturated rings. The highest BCUT2D eigenvalue weighted by Gasteiger charge is 2.40. The van der Waals surface area contributed by atoms with Crippen molar-refractivity contribution < 1.29 is 33.4 Å². The van der Waals surface area contributed by atoms with Crippen LogP contribution in [-0.4, -0.2) is 42.1 Å². The number of amides is 2. The Morgan fingerprint density at radius 3 is 2.24 bits per heavy atom.